The molecule has 0 spiro atoms. The first-order chi connectivity index (χ1) is 20.5. The smallest absolute Gasteiger partial charge is 0.358 e. The highest BCUT2D eigenvalue weighted by Gasteiger charge is 2.24. The summed E-state index contributed by atoms with van der Waals surface area (Å²) in [5, 5.41) is 19.1. The van der Waals surface area contributed by atoms with E-state index < -0.39 is 20.1 Å². The molecule has 11 nitrogen and oxygen atoms in total. The lowest BCUT2D eigenvalue weighted by molar-refractivity contribution is 0.0472. The molecule has 4 aromatic rings. The van der Waals surface area contributed by atoms with Crippen molar-refractivity contribution in [1.82, 2.24) is 19.7 Å². The Morgan fingerprint density at radius 3 is 2.65 bits per heavy atom. The summed E-state index contributed by atoms with van der Waals surface area (Å²) < 4.78 is 19.8. The third-order valence-corrected chi connectivity index (χ3v) is 10.6. The van der Waals surface area contributed by atoms with Crippen LogP contribution in [0.2, 0.25) is 25.7 Å². The predicted molar refractivity (Wildman–Crippen MR) is 174 cm³/mol. The molecule has 232 valence electrons. The Balaban J connectivity index is 1.63. The summed E-state index contributed by atoms with van der Waals surface area (Å²) in [6.45, 7) is 11.9. The van der Waals surface area contributed by atoms with Gasteiger partial charge < -0.3 is 24.2 Å². The molecule has 3 heterocycles. The number of rotatable bonds is 14. The van der Waals surface area contributed by atoms with E-state index in [1.54, 1.807) is 23.2 Å². The zero-order chi connectivity index (χ0) is 31.1. The van der Waals surface area contributed by atoms with Crippen LogP contribution in [0.5, 0.6) is 0 Å². The van der Waals surface area contributed by atoms with Crippen molar-refractivity contribution in [2.24, 2.45) is 4.99 Å². The highest BCUT2D eigenvalue weighted by Crippen LogP contribution is 2.32. The van der Waals surface area contributed by atoms with Crippen LogP contribution in [-0.4, -0.2) is 79.0 Å². The molecule has 3 aromatic heterocycles. The second kappa shape index (κ2) is 14.6. The lowest BCUT2D eigenvalue weighted by Crippen LogP contribution is -2.23. The Hall–Kier alpha value is -3.01. The number of hydrogen-bond donors (Lipinski definition) is 1. The van der Waals surface area contributed by atoms with E-state index in [1.807, 2.05) is 32.2 Å². The first-order valence-corrected chi connectivity index (χ1v) is 19.5. The topological polar surface area (TPSA) is 124 Å². The highest BCUT2D eigenvalue weighted by molar-refractivity contribution is 7.16. The second-order valence-corrected chi connectivity index (χ2v) is 18.9. The third-order valence-electron chi connectivity index (χ3n) is 6.69. The van der Waals surface area contributed by atoms with Gasteiger partial charge in [-0.15, -0.1) is 21.5 Å². The van der Waals surface area contributed by atoms with Crippen LogP contribution in [-0.2, 0) is 27.4 Å². The van der Waals surface area contributed by atoms with Crippen LogP contribution in [0.3, 0.4) is 0 Å². The number of aromatic nitrogens is 4. The van der Waals surface area contributed by atoms with Crippen LogP contribution in [0.1, 0.15) is 27.9 Å². The van der Waals surface area contributed by atoms with E-state index in [-0.39, 0.29) is 18.9 Å². The SMILES string of the molecule is CCOC(=O)c1nc(N(C)c2cc(C)c(N=c3sc4ccccc4n3COCC[Si](C)(C)C)nn2)sc1CC(CO)OC. The van der Waals surface area contributed by atoms with Crippen LogP contribution in [0.15, 0.2) is 35.3 Å². The van der Waals surface area contributed by atoms with Crippen molar-refractivity contribution in [3.63, 3.8) is 0 Å². The Labute approximate surface area is 260 Å². The van der Waals surface area contributed by atoms with Gasteiger partial charge in [0.05, 0.1) is 29.5 Å². The third kappa shape index (κ3) is 8.34. The molecule has 0 saturated carbocycles. The summed E-state index contributed by atoms with van der Waals surface area (Å²) in [7, 11) is 2.14. The van der Waals surface area contributed by atoms with Crippen molar-refractivity contribution >= 4 is 63.7 Å². The van der Waals surface area contributed by atoms with Gasteiger partial charge in [-0.3, -0.25) is 4.57 Å². The van der Waals surface area contributed by atoms with E-state index in [0.29, 0.717) is 41.4 Å². The maximum atomic E-state index is 12.6. The van der Waals surface area contributed by atoms with Gasteiger partial charge in [-0.25, -0.2) is 9.78 Å². The number of methoxy groups -OCH3 is 1. The van der Waals surface area contributed by atoms with Gasteiger partial charge in [-0.1, -0.05) is 43.1 Å². The molecule has 43 heavy (non-hydrogen) atoms. The number of ether oxygens (including phenoxy) is 3. The van der Waals surface area contributed by atoms with Crippen molar-refractivity contribution in [3.05, 3.63) is 51.3 Å². The Bertz CT molecular complexity index is 1610. The molecule has 0 saturated heterocycles. The number of aliphatic hydroxyl groups is 1. The number of hydrogen-bond acceptors (Lipinski definition) is 12. The normalized spacial score (nSPS) is 13.1. The fourth-order valence-corrected chi connectivity index (χ4v) is 6.96. The maximum Gasteiger partial charge on any atom is 0.358 e. The highest BCUT2D eigenvalue weighted by atomic mass is 32.1. The first kappa shape index (κ1) is 32.9. The van der Waals surface area contributed by atoms with Crippen molar-refractivity contribution < 1.29 is 24.1 Å². The van der Waals surface area contributed by atoms with Gasteiger partial charge in [0.15, 0.2) is 27.3 Å². The summed E-state index contributed by atoms with van der Waals surface area (Å²) in [4.78, 5) is 25.3. The van der Waals surface area contributed by atoms with Crippen LogP contribution in [0.25, 0.3) is 10.2 Å². The van der Waals surface area contributed by atoms with E-state index in [9.17, 15) is 9.90 Å². The van der Waals surface area contributed by atoms with Crippen LogP contribution in [0, 0.1) is 6.92 Å². The molecule has 14 heteroatoms. The predicted octanol–water partition coefficient (Wildman–Crippen LogP) is 5.30. The summed E-state index contributed by atoms with van der Waals surface area (Å²) >= 11 is 2.91. The molecule has 1 unspecified atom stereocenters. The Kier molecular flexibility index (Phi) is 11.2. The summed E-state index contributed by atoms with van der Waals surface area (Å²) in [6, 6.07) is 11.2. The number of fused-ring (bicyclic) bond motifs is 1. The largest absolute Gasteiger partial charge is 0.461 e. The second-order valence-electron chi connectivity index (χ2n) is 11.2. The van der Waals surface area contributed by atoms with Crippen molar-refractivity contribution in [2.45, 2.75) is 58.8 Å². The van der Waals surface area contributed by atoms with E-state index in [1.165, 1.54) is 18.4 Å². The molecule has 0 fully saturated rings. The molecule has 1 N–H and O–H groups in total. The fraction of sp³-hybridized carbons (Fsp3) is 0.483. The minimum atomic E-state index is -1.20. The van der Waals surface area contributed by atoms with Gasteiger partial charge in [0.25, 0.3) is 0 Å². The van der Waals surface area contributed by atoms with Gasteiger partial charge in [0.1, 0.15) is 6.73 Å². The number of benzene rings is 1. The van der Waals surface area contributed by atoms with Gasteiger partial charge in [0.2, 0.25) is 0 Å². The number of anilines is 2. The van der Waals surface area contributed by atoms with Crippen LogP contribution < -0.4 is 9.70 Å². The minimum Gasteiger partial charge on any atom is -0.461 e. The van der Waals surface area contributed by atoms with Crippen LogP contribution in [0.4, 0.5) is 16.8 Å². The Morgan fingerprint density at radius 2 is 1.98 bits per heavy atom. The molecule has 0 bridgehead atoms. The molecule has 0 aliphatic heterocycles. The molecule has 0 amide bonds. The maximum absolute atomic E-state index is 12.6. The van der Waals surface area contributed by atoms with E-state index in [2.05, 4.69) is 51.5 Å². The van der Waals surface area contributed by atoms with Gasteiger partial charge in [-0.2, -0.15) is 4.99 Å². The molecular formula is C29H40N6O5S2Si. The van der Waals surface area contributed by atoms with Crippen molar-refractivity contribution in [2.75, 3.05) is 38.9 Å². The van der Waals surface area contributed by atoms with Crippen molar-refractivity contribution in [1.29, 1.82) is 0 Å². The van der Waals surface area contributed by atoms with Crippen molar-refractivity contribution in [3.8, 4) is 0 Å². The first-order valence-electron chi connectivity index (χ1n) is 14.1. The standard InChI is InChI=1S/C29H40N6O5S2Si/c1-8-40-27(37)25-23(16-20(17-36)38-4)42-28(30-25)34(3)24-15-19(2)26(33-32-24)31-29-35(18-39-13-14-43(5,6)7)21-11-9-10-12-22(21)41-29/h9-12,15,20,36H,8,13-14,16-18H2,1-7H3. The summed E-state index contributed by atoms with van der Waals surface area (Å²) in [6.07, 6.45) is -0.135. The van der Waals surface area contributed by atoms with Gasteiger partial charge in [-0.05, 0) is 43.7 Å². The number of carbonyl (C=O) groups is 1. The molecule has 4 rings (SSSR count). The average Bonchev–Trinajstić information content (AvgIpc) is 3.55. The summed E-state index contributed by atoms with van der Waals surface area (Å²) in [5.41, 5.74) is 2.11. The number of esters is 1. The number of carbonyl (C=O) groups excluding carboxylic acids is 1. The molecule has 0 aliphatic carbocycles. The fourth-order valence-electron chi connectivity index (χ4n) is 4.10. The van der Waals surface area contributed by atoms with Crippen LogP contribution >= 0.6 is 22.7 Å². The average molecular weight is 645 g/mol. The Morgan fingerprint density at radius 1 is 1.21 bits per heavy atom. The zero-order valence-corrected chi connectivity index (χ0v) is 28.4. The minimum absolute atomic E-state index is 0.179. The monoisotopic (exact) mass is 644 g/mol. The number of aryl methyl sites for hydroxylation is 1. The van der Waals surface area contributed by atoms with Gasteiger partial charge in [0, 0.05) is 40.1 Å². The number of aliphatic hydroxyl groups excluding tert-OH is 1. The number of thiazole rings is 2. The lowest BCUT2D eigenvalue weighted by atomic mass is 10.2. The van der Waals surface area contributed by atoms with Gasteiger partial charge >= 0.3 is 5.97 Å². The van der Waals surface area contributed by atoms with E-state index >= 15 is 0 Å². The zero-order valence-electron chi connectivity index (χ0n) is 25.8. The summed E-state index contributed by atoms with van der Waals surface area (Å²) in [5.74, 6) is 0.549. The molecule has 1 atom stereocenters. The molecule has 1 aromatic carbocycles. The van der Waals surface area contributed by atoms with E-state index in [4.69, 9.17) is 19.2 Å². The molecule has 0 aliphatic rings. The van der Waals surface area contributed by atoms with E-state index in [0.717, 1.165) is 26.6 Å². The molecule has 0 radical (unpaired) electrons. The molecular weight excluding hydrogens is 605 g/mol. The lowest BCUT2D eigenvalue weighted by Gasteiger charge is -2.16. The number of nitrogens with zero attached hydrogens (tertiary/aromatic N) is 6. The quantitative estimate of drug-likeness (QED) is 0.111. The number of para-hydroxylation sites is 1.